The van der Waals surface area contributed by atoms with E-state index in [9.17, 15) is 13.2 Å². The fraction of sp³-hybridized carbons (Fsp3) is 0.333. The largest absolute Gasteiger partial charge is 0.494 e. The minimum Gasteiger partial charge on any atom is -0.494 e. The lowest BCUT2D eigenvalue weighted by atomic mass is 9.91. The molecule has 0 aliphatic carbocycles. The van der Waals surface area contributed by atoms with Gasteiger partial charge in [-0.2, -0.15) is 22.0 Å². The van der Waals surface area contributed by atoms with Crippen molar-refractivity contribution >= 4 is 0 Å². The number of alkyl halides is 5. The van der Waals surface area contributed by atoms with Crippen LogP contribution in [0.5, 0.6) is 17.2 Å². The quantitative estimate of drug-likeness (QED) is 0.182. The molecule has 1 fully saturated rings. The van der Waals surface area contributed by atoms with Crippen LogP contribution in [0.4, 0.5) is 26.3 Å². The molecular formula is C30H28F6O4. The first kappa shape index (κ1) is 29.3. The predicted octanol–water partition coefficient (Wildman–Crippen LogP) is 8.41. The van der Waals surface area contributed by atoms with Crippen LogP contribution in [-0.2, 0) is 10.9 Å². The van der Waals surface area contributed by atoms with Gasteiger partial charge >= 0.3 is 12.3 Å². The lowest BCUT2D eigenvalue weighted by Crippen LogP contribution is -2.44. The maximum Gasteiger partial charge on any atom is 0.424 e. The van der Waals surface area contributed by atoms with Crippen molar-refractivity contribution in [1.29, 1.82) is 0 Å². The summed E-state index contributed by atoms with van der Waals surface area (Å²) in [5.41, 5.74) is -1.38. The van der Waals surface area contributed by atoms with Crippen LogP contribution in [-0.4, -0.2) is 32.0 Å². The van der Waals surface area contributed by atoms with Crippen LogP contribution in [0, 0.1) is 5.82 Å². The maximum absolute atomic E-state index is 15.2. The van der Waals surface area contributed by atoms with Gasteiger partial charge < -0.3 is 18.9 Å². The van der Waals surface area contributed by atoms with Crippen molar-refractivity contribution in [1.82, 2.24) is 0 Å². The molecule has 3 aromatic rings. The van der Waals surface area contributed by atoms with Gasteiger partial charge in [-0.15, -0.1) is 0 Å². The van der Waals surface area contributed by atoms with Gasteiger partial charge in [-0.3, -0.25) is 0 Å². The van der Waals surface area contributed by atoms with Crippen molar-refractivity contribution in [3.05, 3.63) is 90.3 Å². The normalized spacial score (nSPS) is 17.8. The summed E-state index contributed by atoms with van der Waals surface area (Å²) in [5, 5.41) is 0. The molecule has 40 heavy (non-hydrogen) atoms. The predicted molar refractivity (Wildman–Crippen MR) is 137 cm³/mol. The fourth-order valence-corrected chi connectivity index (χ4v) is 4.51. The molecule has 1 saturated heterocycles. The summed E-state index contributed by atoms with van der Waals surface area (Å²) in [4.78, 5) is 0. The van der Waals surface area contributed by atoms with Gasteiger partial charge in [0.2, 0.25) is 0 Å². The van der Waals surface area contributed by atoms with Crippen LogP contribution in [0.1, 0.15) is 36.8 Å². The molecule has 10 heteroatoms. The summed E-state index contributed by atoms with van der Waals surface area (Å²) in [7, 11) is 0. The third-order valence-electron chi connectivity index (χ3n) is 6.48. The molecule has 214 valence electrons. The summed E-state index contributed by atoms with van der Waals surface area (Å²) in [6, 6.07) is 14.5. The van der Waals surface area contributed by atoms with Gasteiger partial charge in [-0.05, 0) is 67.3 Å². The summed E-state index contributed by atoms with van der Waals surface area (Å²) < 4.78 is 108. The zero-order chi connectivity index (χ0) is 28.9. The van der Waals surface area contributed by atoms with E-state index in [-0.39, 0.29) is 31.1 Å². The first-order chi connectivity index (χ1) is 19.0. The molecule has 0 aromatic heterocycles. The highest BCUT2D eigenvalue weighted by molar-refractivity contribution is 5.67. The molecule has 4 nitrogen and oxygen atoms in total. The van der Waals surface area contributed by atoms with Gasteiger partial charge in [0.1, 0.15) is 35.2 Å². The number of benzene rings is 3. The van der Waals surface area contributed by atoms with Gasteiger partial charge in [0, 0.05) is 11.5 Å². The molecular weight excluding hydrogens is 538 g/mol. The minimum absolute atomic E-state index is 0.0798. The molecule has 2 unspecified atom stereocenters. The lowest BCUT2D eigenvalue weighted by Gasteiger charge is -2.34. The third-order valence-corrected chi connectivity index (χ3v) is 6.48. The van der Waals surface area contributed by atoms with Crippen molar-refractivity contribution in [2.24, 2.45) is 0 Å². The van der Waals surface area contributed by atoms with Crippen LogP contribution in [0.2, 0.25) is 0 Å². The van der Waals surface area contributed by atoms with Crippen LogP contribution < -0.4 is 14.2 Å². The number of hydrogen-bond donors (Lipinski definition) is 0. The Morgan fingerprint density at radius 2 is 1.55 bits per heavy atom. The van der Waals surface area contributed by atoms with Gasteiger partial charge in [-0.1, -0.05) is 36.9 Å². The number of hydrogen-bond acceptors (Lipinski definition) is 4. The van der Waals surface area contributed by atoms with Crippen LogP contribution in [0.3, 0.4) is 0 Å². The highest BCUT2D eigenvalue weighted by Crippen LogP contribution is 2.44. The van der Waals surface area contributed by atoms with E-state index in [0.717, 1.165) is 11.6 Å². The van der Waals surface area contributed by atoms with E-state index >= 15 is 13.2 Å². The molecule has 4 rings (SSSR count). The highest BCUT2D eigenvalue weighted by Gasteiger charge is 2.48. The summed E-state index contributed by atoms with van der Waals surface area (Å²) >= 11 is 0. The number of ether oxygens (including phenoxy) is 4. The fourth-order valence-electron chi connectivity index (χ4n) is 4.51. The van der Waals surface area contributed by atoms with E-state index in [1.165, 1.54) is 30.3 Å². The van der Waals surface area contributed by atoms with E-state index in [0.29, 0.717) is 30.6 Å². The Morgan fingerprint density at radius 1 is 0.900 bits per heavy atom. The first-order valence-corrected chi connectivity index (χ1v) is 12.7. The van der Waals surface area contributed by atoms with Crippen molar-refractivity contribution in [2.75, 3.05) is 19.8 Å². The van der Waals surface area contributed by atoms with Crippen LogP contribution >= 0.6 is 0 Å². The number of halogens is 6. The Bertz CT molecular complexity index is 1280. The van der Waals surface area contributed by atoms with Gasteiger partial charge in [0.25, 0.3) is 0 Å². The molecule has 3 aromatic carbocycles. The van der Waals surface area contributed by atoms with Crippen molar-refractivity contribution in [3.8, 4) is 28.4 Å². The zero-order valence-corrected chi connectivity index (χ0v) is 21.6. The molecule has 1 heterocycles. The minimum atomic E-state index is -5.30. The SMILES string of the molecule is C=CCOc1ccc(-c2ccc(OC(F)(F)C3CCC(c4ccc(OCC)cc4)CO3)c(C(F)(F)F)c2F)cc1. The molecule has 0 spiro atoms. The maximum atomic E-state index is 15.2. The Labute approximate surface area is 228 Å². The number of rotatable bonds is 10. The molecule has 0 bridgehead atoms. The van der Waals surface area contributed by atoms with E-state index in [4.69, 9.17) is 14.2 Å². The Kier molecular flexibility index (Phi) is 8.98. The molecule has 0 N–H and O–H groups in total. The standard InChI is InChI=1S/C30H28F6O4/c1-3-17-38-23-12-7-20(8-13-23)24-14-15-25(27(28(24)31)29(32,33)34)40-30(35,36)26-16-9-21(18-39-26)19-5-10-22(11-6-19)37-4-2/h3,5-8,10-15,21,26H,1,4,9,16-18H2,2H3. The second-order valence-corrected chi connectivity index (χ2v) is 9.18. The Morgan fingerprint density at radius 3 is 2.12 bits per heavy atom. The topological polar surface area (TPSA) is 36.9 Å². The first-order valence-electron chi connectivity index (χ1n) is 12.7. The van der Waals surface area contributed by atoms with E-state index in [2.05, 4.69) is 11.3 Å². The van der Waals surface area contributed by atoms with Crippen molar-refractivity contribution in [2.45, 2.75) is 44.1 Å². The summed E-state index contributed by atoms with van der Waals surface area (Å²) in [5.74, 6) is -2.15. The molecule has 2 atom stereocenters. The second-order valence-electron chi connectivity index (χ2n) is 9.18. The molecule has 1 aliphatic rings. The van der Waals surface area contributed by atoms with Gasteiger partial charge in [0.15, 0.2) is 6.10 Å². The molecule has 0 radical (unpaired) electrons. The summed E-state index contributed by atoms with van der Waals surface area (Å²) in [6.07, 6.45) is -9.61. The second kappa shape index (κ2) is 12.2. The molecule has 0 saturated carbocycles. The smallest absolute Gasteiger partial charge is 0.424 e. The monoisotopic (exact) mass is 566 g/mol. The Hall–Kier alpha value is -3.66. The molecule has 0 amide bonds. The van der Waals surface area contributed by atoms with E-state index in [1.54, 1.807) is 12.1 Å². The van der Waals surface area contributed by atoms with Crippen LogP contribution in [0.25, 0.3) is 11.1 Å². The zero-order valence-electron chi connectivity index (χ0n) is 21.6. The van der Waals surface area contributed by atoms with Gasteiger partial charge in [0.05, 0.1) is 13.2 Å². The van der Waals surface area contributed by atoms with Crippen LogP contribution in [0.15, 0.2) is 73.3 Å². The third kappa shape index (κ3) is 6.72. The van der Waals surface area contributed by atoms with Gasteiger partial charge in [-0.25, -0.2) is 4.39 Å². The van der Waals surface area contributed by atoms with Crippen molar-refractivity contribution < 1.29 is 45.3 Å². The average Bonchev–Trinajstić information content (AvgIpc) is 2.92. The van der Waals surface area contributed by atoms with Crippen molar-refractivity contribution in [3.63, 3.8) is 0 Å². The van der Waals surface area contributed by atoms with E-state index in [1.807, 2.05) is 19.1 Å². The highest BCUT2D eigenvalue weighted by atomic mass is 19.4. The Balaban J connectivity index is 1.50. The summed E-state index contributed by atoms with van der Waals surface area (Å²) in [6.45, 7) is 6.00. The lowest BCUT2D eigenvalue weighted by molar-refractivity contribution is -0.263. The van der Waals surface area contributed by atoms with E-state index < -0.39 is 41.1 Å². The average molecular weight is 567 g/mol. The molecule has 1 aliphatic heterocycles.